The van der Waals surface area contributed by atoms with E-state index in [9.17, 15) is 4.79 Å². The van der Waals surface area contributed by atoms with Crippen molar-refractivity contribution in [1.29, 1.82) is 0 Å². The van der Waals surface area contributed by atoms with Gasteiger partial charge in [-0.2, -0.15) is 0 Å². The largest absolute Gasteiger partial charge is 0.375 e. The molecule has 2 nitrogen and oxygen atoms in total. The topological polar surface area (TPSA) is 20.3 Å². The van der Waals surface area contributed by atoms with Gasteiger partial charge >= 0.3 is 0 Å². The highest BCUT2D eigenvalue weighted by molar-refractivity contribution is 5.49. The first-order valence-electron chi connectivity index (χ1n) is 5.63. The van der Waals surface area contributed by atoms with Gasteiger partial charge in [-0.15, -0.1) is 0 Å². The van der Waals surface area contributed by atoms with Crippen LogP contribution in [-0.4, -0.2) is 24.3 Å². The molecule has 0 bridgehead atoms. The van der Waals surface area contributed by atoms with E-state index in [4.69, 9.17) is 0 Å². The van der Waals surface area contributed by atoms with Crippen molar-refractivity contribution in [3.63, 3.8) is 0 Å². The average Bonchev–Trinajstić information content (AvgIpc) is 2.26. The van der Waals surface area contributed by atoms with Crippen LogP contribution in [0.3, 0.4) is 0 Å². The molecule has 0 aromatic heterocycles. The summed E-state index contributed by atoms with van der Waals surface area (Å²) in [4.78, 5) is 12.7. The lowest BCUT2D eigenvalue weighted by Gasteiger charge is -2.33. The van der Waals surface area contributed by atoms with Gasteiger partial charge in [-0.05, 0) is 31.6 Å². The van der Waals surface area contributed by atoms with Crippen LogP contribution in [0.1, 0.15) is 39.0 Å². The van der Waals surface area contributed by atoms with Gasteiger partial charge in [0.25, 0.3) is 0 Å². The molecule has 1 fully saturated rings. The molecule has 0 N–H and O–H groups in total. The quantitative estimate of drug-likeness (QED) is 0.628. The molecule has 0 aliphatic carbocycles. The van der Waals surface area contributed by atoms with Crippen molar-refractivity contribution in [3.05, 3.63) is 12.3 Å². The molecule has 0 spiro atoms. The number of piperidine rings is 1. The summed E-state index contributed by atoms with van der Waals surface area (Å²) in [5.41, 5.74) is 1.23. The van der Waals surface area contributed by atoms with Gasteiger partial charge in [-0.25, -0.2) is 0 Å². The highest BCUT2D eigenvalue weighted by Gasteiger charge is 2.16. The van der Waals surface area contributed by atoms with Gasteiger partial charge in [0.15, 0.2) is 0 Å². The van der Waals surface area contributed by atoms with Crippen molar-refractivity contribution in [2.75, 3.05) is 13.1 Å². The van der Waals surface area contributed by atoms with E-state index in [1.807, 2.05) is 0 Å². The lowest BCUT2D eigenvalue weighted by Crippen LogP contribution is -2.31. The molecule has 14 heavy (non-hydrogen) atoms. The number of allylic oxidation sites excluding steroid dienone is 1. The Kier molecular flexibility index (Phi) is 4.71. The van der Waals surface area contributed by atoms with E-state index in [1.165, 1.54) is 25.0 Å². The fourth-order valence-electron chi connectivity index (χ4n) is 1.98. The molecule has 0 aromatic rings. The highest BCUT2D eigenvalue weighted by atomic mass is 16.1. The predicted molar refractivity (Wildman–Crippen MR) is 59.0 cm³/mol. The number of hydrogen-bond acceptors (Lipinski definition) is 2. The fourth-order valence-corrected chi connectivity index (χ4v) is 1.98. The molecule has 1 rings (SSSR count). The fraction of sp³-hybridized carbons (Fsp3) is 0.750. The van der Waals surface area contributed by atoms with Crippen molar-refractivity contribution in [2.45, 2.75) is 39.0 Å². The lowest BCUT2D eigenvalue weighted by atomic mass is 10.00. The molecule has 0 amide bonds. The first-order valence-corrected chi connectivity index (χ1v) is 5.63. The number of rotatable bonds is 5. The number of nitrogens with zero attached hydrogens (tertiary/aromatic N) is 1. The first kappa shape index (κ1) is 11.3. The molecule has 1 unspecified atom stereocenters. The molecule has 80 valence electrons. The van der Waals surface area contributed by atoms with Gasteiger partial charge in [-0.3, -0.25) is 0 Å². The van der Waals surface area contributed by atoms with Crippen molar-refractivity contribution >= 4 is 6.29 Å². The molecule has 1 aliphatic heterocycles. The molecule has 2 heteroatoms. The van der Waals surface area contributed by atoms with Crippen LogP contribution in [0.4, 0.5) is 0 Å². The maximum Gasteiger partial charge on any atom is 0.120 e. The van der Waals surface area contributed by atoms with E-state index < -0.39 is 0 Å². The third kappa shape index (κ3) is 3.17. The Balaban J connectivity index is 2.34. The Morgan fingerprint density at radius 3 is 2.64 bits per heavy atom. The van der Waals surface area contributed by atoms with Gasteiger partial charge in [0, 0.05) is 25.2 Å². The molecule has 1 saturated heterocycles. The predicted octanol–water partition coefficient (Wildman–Crippen LogP) is 2.60. The van der Waals surface area contributed by atoms with Crippen LogP contribution in [0.15, 0.2) is 12.3 Å². The van der Waals surface area contributed by atoms with Crippen molar-refractivity contribution in [1.82, 2.24) is 4.90 Å². The van der Waals surface area contributed by atoms with E-state index in [1.54, 1.807) is 0 Å². The van der Waals surface area contributed by atoms with E-state index in [-0.39, 0.29) is 0 Å². The Bertz CT molecular complexity index is 194. The Labute approximate surface area is 87.0 Å². The smallest absolute Gasteiger partial charge is 0.120 e. The molecule has 1 aliphatic rings. The van der Waals surface area contributed by atoms with Gasteiger partial charge in [0.1, 0.15) is 6.29 Å². The molecular weight excluding hydrogens is 174 g/mol. The van der Waals surface area contributed by atoms with Gasteiger partial charge in [-0.1, -0.05) is 13.5 Å². The van der Waals surface area contributed by atoms with Crippen LogP contribution in [0.5, 0.6) is 0 Å². The first-order chi connectivity index (χ1) is 6.75. The molecule has 0 saturated carbocycles. The number of carbonyl (C=O) groups excluding carboxylic acids is 1. The van der Waals surface area contributed by atoms with Gasteiger partial charge in [0.2, 0.25) is 0 Å². The minimum absolute atomic E-state index is 0.457. The molecule has 1 heterocycles. The van der Waals surface area contributed by atoms with Crippen LogP contribution in [0, 0.1) is 5.92 Å². The summed E-state index contributed by atoms with van der Waals surface area (Å²) in [7, 11) is 0. The number of hydrogen-bond donors (Lipinski definition) is 0. The SMILES string of the molecule is C=C(C(C)CCC=O)N1CCCCC1. The van der Waals surface area contributed by atoms with Gasteiger partial charge in [0.05, 0.1) is 0 Å². The highest BCUT2D eigenvalue weighted by Crippen LogP contribution is 2.22. The number of carbonyl (C=O) groups is 1. The summed E-state index contributed by atoms with van der Waals surface area (Å²) in [6.07, 6.45) is 6.54. The monoisotopic (exact) mass is 195 g/mol. The molecule has 0 radical (unpaired) electrons. The standard InChI is InChI=1S/C12H21NO/c1-11(7-6-10-14)12(2)13-8-4-3-5-9-13/h10-11H,2-9H2,1H3. The average molecular weight is 195 g/mol. The number of likely N-dealkylation sites (tertiary alicyclic amines) is 1. The normalized spacial score (nSPS) is 19.1. The van der Waals surface area contributed by atoms with E-state index in [0.29, 0.717) is 12.3 Å². The van der Waals surface area contributed by atoms with Crippen molar-refractivity contribution < 1.29 is 4.79 Å². The third-order valence-electron chi connectivity index (χ3n) is 3.05. The molecule has 0 aromatic carbocycles. The minimum atomic E-state index is 0.457. The Morgan fingerprint density at radius 2 is 2.07 bits per heavy atom. The lowest BCUT2D eigenvalue weighted by molar-refractivity contribution is -0.108. The van der Waals surface area contributed by atoms with E-state index in [0.717, 1.165) is 25.8 Å². The van der Waals surface area contributed by atoms with Crippen molar-refractivity contribution in [3.8, 4) is 0 Å². The summed E-state index contributed by atoms with van der Waals surface area (Å²) < 4.78 is 0. The third-order valence-corrected chi connectivity index (χ3v) is 3.05. The molecule has 1 atom stereocenters. The summed E-state index contributed by atoms with van der Waals surface area (Å²) in [5, 5.41) is 0. The summed E-state index contributed by atoms with van der Waals surface area (Å²) >= 11 is 0. The van der Waals surface area contributed by atoms with Crippen LogP contribution in [0.25, 0.3) is 0 Å². The van der Waals surface area contributed by atoms with Gasteiger partial charge < -0.3 is 9.69 Å². The Morgan fingerprint density at radius 1 is 1.43 bits per heavy atom. The van der Waals surface area contributed by atoms with Crippen LogP contribution >= 0.6 is 0 Å². The second-order valence-electron chi connectivity index (χ2n) is 4.18. The summed E-state index contributed by atoms with van der Waals surface area (Å²) in [6, 6.07) is 0. The second-order valence-corrected chi connectivity index (χ2v) is 4.18. The zero-order valence-electron chi connectivity index (χ0n) is 9.17. The van der Waals surface area contributed by atoms with Crippen LogP contribution in [-0.2, 0) is 4.79 Å². The summed E-state index contributed by atoms with van der Waals surface area (Å²) in [5.74, 6) is 0.457. The summed E-state index contributed by atoms with van der Waals surface area (Å²) in [6.45, 7) is 8.62. The zero-order chi connectivity index (χ0) is 10.4. The van der Waals surface area contributed by atoms with E-state index in [2.05, 4.69) is 18.4 Å². The molecular formula is C12H21NO. The number of aldehydes is 1. The van der Waals surface area contributed by atoms with Crippen LogP contribution < -0.4 is 0 Å². The van der Waals surface area contributed by atoms with E-state index >= 15 is 0 Å². The van der Waals surface area contributed by atoms with Crippen molar-refractivity contribution in [2.24, 2.45) is 5.92 Å². The zero-order valence-corrected chi connectivity index (χ0v) is 9.17. The Hall–Kier alpha value is -0.790. The minimum Gasteiger partial charge on any atom is -0.375 e. The maximum atomic E-state index is 10.3. The maximum absolute atomic E-state index is 10.3. The second kappa shape index (κ2) is 5.84. The van der Waals surface area contributed by atoms with Crippen LogP contribution in [0.2, 0.25) is 0 Å².